The molecule has 0 saturated heterocycles. The Hall–Kier alpha value is -0.610. The van der Waals surface area contributed by atoms with Crippen LogP contribution in [-0.4, -0.2) is 38.3 Å². The van der Waals surface area contributed by atoms with Crippen LogP contribution >= 0.6 is 0 Å². The number of ether oxygens (including phenoxy) is 1. The molecule has 1 amide bonds. The molecule has 0 fully saturated rings. The molecule has 0 aromatic rings. The SMILES string of the molecule is CCCNC(=O)C(C)NC(C)CCOC. The molecule has 0 spiro atoms. The molecule has 4 nitrogen and oxygen atoms in total. The summed E-state index contributed by atoms with van der Waals surface area (Å²) in [4.78, 5) is 11.5. The molecule has 0 bridgehead atoms. The maximum absolute atomic E-state index is 11.5. The molecule has 0 heterocycles. The van der Waals surface area contributed by atoms with E-state index in [0.29, 0.717) is 6.04 Å². The highest BCUT2D eigenvalue weighted by Crippen LogP contribution is 1.94. The van der Waals surface area contributed by atoms with Gasteiger partial charge in [0.2, 0.25) is 5.91 Å². The first kappa shape index (κ1) is 14.4. The maximum Gasteiger partial charge on any atom is 0.236 e. The van der Waals surface area contributed by atoms with Gasteiger partial charge in [0.15, 0.2) is 0 Å². The van der Waals surface area contributed by atoms with E-state index in [2.05, 4.69) is 17.6 Å². The van der Waals surface area contributed by atoms with Crippen molar-refractivity contribution >= 4 is 5.91 Å². The Labute approximate surface area is 92.8 Å². The van der Waals surface area contributed by atoms with Crippen molar-refractivity contribution in [2.45, 2.75) is 45.7 Å². The van der Waals surface area contributed by atoms with Gasteiger partial charge in [0, 0.05) is 26.3 Å². The zero-order valence-corrected chi connectivity index (χ0v) is 10.3. The number of rotatable bonds is 8. The minimum absolute atomic E-state index is 0.0705. The summed E-state index contributed by atoms with van der Waals surface area (Å²) in [5.41, 5.74) is 0. The molecule has 0 aromatic heterocycles. The molecule has 0 aromatic carbocycles. The molecule has 0 saturated carbocycles. The summed E-state index contributed by atoms with van der Waals surface area (Å²) in [5.74, 6) is 0.0705. The fraction of sp³-hybridized carbons (Fsp3) is 0.909. The van der Waals surface area contributed by atoms with E-state index in [9.17, 15) is 4.79 Å². The molecule has 0 rings (SSSR count). The highest BCUT2D eigenvalue weighted by Gasteiger charge is 2.13. The smallest absolute Gasteiger partial charge is 0.236 e. The monoisotopic (exact) mass is 216 g/mol. The van der Waals surface area contributed by atoms with Crippen LogP contribution in [0.25, 0.3) is 0 Å². The number of amides is 1. The highest BCUT2D eigenvalue weighted by molar-refractivity contribution is 5.81. The molecule has 0 aliphatic carbocycles. The number of hydrogen-bond donors (Lipinski definition) is 2. The second-order valence-corrected chi connectivity index (χ2v) is 3.86. The van der Waals surface area contributed by atoms with E-state index in [4.69, 9.17) is 4.74 Å². The number of methoxy groups -OCH3 is 1. The molecular formula is C11H24N2O2. The van der Waals surface area contributed by atoms with Crippen molar-refractivity contribution < 1.29 is 9.53 Å². The van der Waals surface area contributed by atoms with Crippen LogP contribution < -0.4 is 10.6 Å². The standard InChI is InChI=1S/C11H24N2O2/c1-5-7-12-11(14)10(3)13-9(2)6-8-15-4/h9-10,13H,5-8H2,1-4H3,(H,12,14). The van der Waals surface area contributed by atoms with Crippen molar-refractivity contribution in [1.29, 1.82) is 0 Å². The molecule has 2 N–H and O–H groups in total. The molecule has 0 aliphatic heterocycles. The Bertz CT molecular complexity index is 174. The van der Waals surface area contributed by atoms with Gasteiger partial charge in [0.05, 0.1) is 6.04 Å². The van der Waals surface area contributed by atoms with Gasteiger partial charge in [0.1, 0.15) is 0 Å². The zero-order chi connectivity index (χ0) is 11.7. The lowest BCUT2D eigenvalue weighted by Gasteiger charge is -2.19. The first-order chi connectivity index (χ1) is 7.11. The molecule has 0 aliphatic rings. The van der Waals surface area contributed by atoms with Crippen LogP contribution in [0.3, 0.4) is 0 Å². The molecule has 0 radical (unpaired) electrons. The quantitative estimate of drug-likeness (QED) is 0.634. The first-order valence-corrected chi connectivity index (χ1v) is 5.64. The summed E-state index contributed by atoms with van der Waals surface area (Å²) in [6.45, 7) is 7.45. The van der Waals surface area contributed by atoms with Gasteiger partial charge in [-0.05, 0) is 26.7 Å². The number of carbonyl (C=O) groups is 1. The normalized spacial score (nSPS) is 14.7. The van der Waals surface area contributed by atoms with Crippen molar-refractivity contribution in [2.24, 2.45) is 0 Å². The molecule has 15 heavy (non-hydrogen) atoms. The van der Waals surface area contributed by atoms with Gasteiger partial charge < -0.3 is 15.4 Å². The Morgan fingerprint density at radius 2 is 2.07 bits per heavy atom. The maximum atomic E-state index is 11.5. The van der Waals surface area contributed by atoms with E-state index in [0.717, 1.165) is 26.0 Å². The largest absolute Gasteiger partial charge is 0.385 e. The molecule has 2 atom stereocenters. The summed E-state index contributed by atoms with van der Waals surface area (Å²) in [7, 11) is 1.68. The van der Waals surface area contributed by atoms with Crippen LogP contribution in [0.5, 0.6) is 0 Å². The van der Waals surface area contributed by atoms with E-state index in [1.54, 1.807) is 7.11 Å². The lowest BCUT2D eigenvalue weighted by molar-refractivity contribution is -0.122. The van der Waals surface area contributed by atoms with E-state index < -0.39 is 0 Å². The second kappa shape index (κ2) is 8.68. The number of carbonyl (C=O) groups excluding carboxylic acids is 1. The van der Waals surface area contributed by atoms with Gasteiger partial charge in [-0.15, -0.1) is 0 Å². The number of hydrogen-bond acceptors (Lipinski definition) is 3. The average molecular weight is 216 g/mol. The molecular weight excluding hydrogens is 192 g/mol. The summed E-state index contributed by atoms with van der Waals surface area (Å²) < 4.78 is 4.98. The Morgan fingerprint density at radius 3 is 2.60 bits per heavy atom. The van der Waals surface area contributed by atoms with Gasteiger partial charge in [0.25, 0.3) is 0 Å². The topological polar surface area (TPSA) is 50.4 Å². The Morgan fingerprint density at radius 1 is 1.40 bits per heavy atom. The van der Waals surface area contributed by atoms with Gasteiger partial charge in [-0.25, -0.2) is 0 Å². The predicted molar refractivity (Wildman–Crippen MR) is 61.9 cm³/mol. The Kier molecular flexibility index (Phi) is 8.33. The van der Waals surface area contributed by atoms with Crippen molar-refractivity contribution in [1.82, 2.24) is 10.6 Å². The van der Waals surface area contributed by atoms with E-state index in [1.807, 2.05) is 13.8 Å². The van der Waals surface area contributed by atoms with Crippen LogP contribution in [0, 0.1) is 0 Å². The van der Waals surface area contributed by atoms with Gasteiger partial charge in [-0.1, -0.05) is 6.92 Å². The minimum atomic E-state index is -0.136. The first-order valence-electron chi connectivity index (χ1n) is 5.64. The zero-order valence-electron chi connectivity index (χ0n) is 10.3. The van der Waals surface area contributed by atoms with Gasteiger partial charge >= 0.3 is 0 Å². The predicted octanol–water partition coefficient (Wildman–Crippen LogP) is 0.916. The lowest BCUT2D eigenvalue weighted by atomic mass is 10.2. The summed E-state index contributed by atoms with van der Waals surface area (Å²) >= 11 is 0. The van der Waals surface area contributed by atoms with Crippen LogP contribution in [0.2, 0.25) is 0 Å². The van der Waals surface area contributed by atoms with E-state index >= 15 is 0 Å². The Balaban J connectivity index is 3.69. The minimum Gasteiger partial charge on any atom is -0.385 e. The highest BCUT2D eigenvalue weighted by atomic mass is 16.5. The fourth-order valence-electron chi connectivity index (χ4n) is 1.28. The summed E-state index contributed by atoms with van der Waals surface area (Å²) in [5, 5.41) is 6.09. The molecule has 90 valence electrons. The van der Waals surface area contributed by atoms with E-state index in [1.165, 1.54) is 0 Å². The lowest BCUT2D eigenvalue weighted by Crippen LogP contribution is -2.46. The summed E-state index contributed by atoms with van der Waals surface area (Å²) in [6, 6.07) is 0.163. The molecule has 4 heteroatoms. The van der Waals surface area contributed by atoms with Crippen LogP contribution in [0.1, 0.15) is 33.6 Å². The third-order valence-electron chi connectivity index (χ3n) is 2.23. The van der Waals surface area contributed by atoms with Gasteiger partial charge in [-0.3, -0.25) is 4.79 Å². The van der Waals surface area contributed by atoms with Crippen LogP contribution in [-0.2, 0) is 9.53 Å². The van der Waals surface area contributed by atoms with Crippen molar-refractivity contribution in [3.63, 3.8) is 0 Å². The summed E-state index contributed by atoms with van der Waals surface area (Å²) in [6.07, 6.45) is 1.89. The fourth-order valence-corrected chi connectivity index (χ4v) is 1.28. The van der Waals surface area contributed by atoms with Crippen LogP contribution in [0.15, 0.2) is 0 Å². The van der Waals surface area contributed by atoms with Crippen molar-refractivity contribution in [3.05, 3.63) is 0 Å². The molecule has 2 unspecified atom stereocenters. The third-order valence-corrected chi connectivity index (χ3v) is 2.23. The average Bonchev–Trinajstić information content (AvgIpc) is 2.22. The van der Waals surface area contributed by atoms with Crippen LogP contribution in [0.4, 0.5) is 0 Å². The second-order valence-electron chi connectivity index (χ2n) is 3.86. The van der Waals surface area contributed by atoms with Gasteiger partial charge in [-0.2, -0.15) is 0 Å². The van der Waals surface area contributed by atoms with E-state index in [-0.39, 0.29) is 11.9 Å². The van der Waals surface area contributed by atoms with Crippen molar-refractivity contribution in [3.8, 4) is 0 Å². The third kappa shape index (κ3) is 7.33. The number of nitrogens with one attached hydrogen (secondary N) is 2. The van der Waals surface area contributed by atoms with Crippen molar-refractivity contribution in [2.75, 3.05) is 20.3 Å².